The lowest BCUT2D eigenvalue weighted by molar-refractivity contribution is -0.300. The molecule has 0 saturated carbocycles. The fraction of sp³-hybridized carbons (Fsp3) is 0.953. The van der Waals surface area contributed by atoms with E-state index in [1.54, 1.807) is 0 Å². The molecule has 11 atom stereocenters. The van der Waals surface area contributed by atoms with Crippen LogP contribution in [-0.2, 0) is 28.5 Å². The van der Waals surface area contributed by atoms with Crippen LogP contribution in [0.4, 0.5) is 0 Å². The molecule has 24 nitrogen and oxygen atoms in total. The Bertz CT molecular complexity index is 1210. The first kappa shape index (κ1) is 61.3. The Morgan fingerprint density at radius 1 is 0.448 bits per heavy atom. The van der Waals surface area contributed by atoms with E-state index in [2.05, 4.69) is 47.9 Å². The zero-order valence-corrected chi connectivity index (χ0v) is 39.5. The van der Waals surface area contributed by atoms with E-state index in [0.717, 1.165) is 123 Å². The molecule has 0 radical (unpaired) electrons. The second kappa shape index (κ2) is 39.8. The van der Waals surface area contributed by atoms with Gasteiger partial charge in [0.2, 0.25) is 5.91 Å². The first-order chi connectivity index (χ1) is 32.5. The van der Waals surface area contributed by atoms with Gasteiger partial charge in [0.05, 0.1) is 32.5 Å². The van der Waals surface area contributed by atoms with Crippen molar-refractivity contribution in [3.05, 3.63) is 0 Å². The Hall–Kier alpha value is -1.86. The van der Waals surface area contributed by atoms with E-state index in [9.17, 15) is 50.4 Å². The predicted octanol–water partition coefficient (Wildman–Crippen LogP) is -6.19. The number of carboxylic acids is 1. The van der Waals surface area contributed by atoms with Gasteiger partial charge in [0.15, 0.2) is 12.6 Å². The van der Waals surface area contributed by atoms with E-state index in [0.29, 0.717) is 26.1 Å². The SMILES string of the molecule is O=C(O)CCCCCNCCNCCNCCCCCNCCNCCNCCCCC(NCCNCCO[C@H]1O[C@H](CO)[C@@H](O)[C@H](O)[C@@H]1O)C(=O)NCCO[C@H]1O[C@H](CO)[C@@H](O)[C@H](O)[C@@H]1O. The van der Waals surface area contributed by atoms with Gasteiger partial charge in [0.25, 0.3) is 0 Å². The summed E-state index contributed by atoms with van der Waals surface area (Å²) in [7, 11) is 0. The largest absolute Gasteiger partial charge is 0.481 e. The minimum absolute atomic E-state index is 0.0637. The topological polar surface area (TPSA) is 361 Å². The lowest BCUT2D eigenvalue weighted by Crippen LogP contribution is -2.59. The van der Waals surface area contributed by atoms with E-state index in [4.69, 9.17) is 24.1 Å². The van der Waals surface area contributed by atoms with Crippen molar-refractivity contribution in [1.29, 1.82) is 0 Å². The second-order valence-electron chi connectivity index (χ2n) is 16.9. The molecule has 18 N–H and O–H groups in total. The zero-order chi connectivity index (χ0) is 48.9. The molecule has 0 aromatic rings. The highest BCUT2D eigenvalue weighted by Crippen LogP contribution is 2.23. The van der Waals surface area contributed by atoms with Gasteiger partial charge >= 0.3 is 5.97 Å². The van der Waals surface area contributed by atoms with Crippen molar-refractivity contribution in [1.82, 2.24) is 47.9 Å². The molecule has 0 aromatic heterocycles. The average Bonchev–Trinajstić information content (AvgIpc) is 3.32. The van der Waals surface area contributed by atoms with Gasteiger partial charge < -0.3 is 113 Å². The lowest BCUT2D eigenvalue weighted by atomic mass is 9.99. The molecule has 2 rings (SSSR count). The molecule has 0 aromatic carbocycles. The zero-order valence-electron chi connectivity index (χ0n) is 39.5. The smallest absolute Gasteiger partial charge is 0.303 e. The number of ether oxygens (including phenoxy) is 4. The number of hydrogen-bond donors (Lipinski definition) is 18. The van der Waals surface area contributed by atoms with Gasteiger partial charge in [-0.3, -0.25) is 9.59 Å². The van der Waals surface area contributed by atoms with Crippen LogP contribution in [0.2, 0.25) is 0 Å². The molecular formula is C43H89N9O15. The molecule has 2 aliphatic rings. The standard InChI is InChI=1S/C43H89N9O15/c53-29-32-35(57)37(59)39(61)42(66-32)64-27-25-50-23-24-51-31(41(63)52-26-28-65-43-40(62)38(60)36(58)33(30-54)67-43)9-4-8-14-47-18-22-49-21-17-46-13-7-2-6-12-45-16-20-48-19-15-44-11-5-1-3-10-34(55)56/h31-33,35-40,42-51,53-54,57-62H,1-30H2,(H,52,63)(H,55,56)/t31?,32-,33-,35-,36-,37+,38+,39+,40+,42+,43+/m1/s1. The van der Waals surface area contributed by atoms with Gasteiger partial charge in [-0.25, -0.2) is 0 Å². The number of amides is 1. The van der Waals surface area contributed by atoms with Crippen LogP contribution in [0.3, 0.4) is 0 Å². The summed E-state index contributed by atoms with van der Waals surface area (Å²) in [6.07, 6.45) is -5.15. The van der Waals surface area contributed by atoms with Crippen LogP contribution in [-0.4, -0.2) is 256 Å². The number of aliphatic carboxylic acids is 1. The van der Waals surface area contributed by atoms with E-state index in [-0.39, 0.29) is 32.1 Å². The Balaban J connectivity index is 1.51. The third kappa shape index (κ3) is 27.9. The molecule has 2 aliphatic heterocycles. The normalized spacial score (nSPS) is 25.9. The van der Waals surface area contributed by atoms with Crippen molar-refractivity contribution in [3.63, 3.8) is 0 Å². The number of hydrogen-bond acceptors (Lipinski definition) is 22. The second-order valence-corrected chi connectivity index (χ2v) is 16.9. The molecule has 0 bridgehead atoms. The molecule has 67 heavy (non-hydrogen) atoms. The molecule has 24 heteroatoms. The van der Waals surface area contributed by atoms with E-state index >= 15 is 0 Å². The molecule has 2 saturated heterocycles. The number of rotatable bonds is 44. The van der Waals surface area contributed by atoms with Crippen LogP contribution in [0.1, 0.15) is 64.2 Å². The van der Waals surface area contributed by atoms with Gasteiger partial charge in [0, 0.05) is 85.0 Å². The fourth-order valence-electron chi connectivity index (χ4n) is 7.35. The Labute approximate surface area is 396 Å². The van der Waals surface area contributed by atoms with Crippen molar-refractivity contribution >= 4 is 11.9 Å². The third-order valence-electron chi connectivity index (χ3n) is 11.4. The fourth-order valence-corrected chi connectivity index (χ4v) is 7.35. The van der Waals surface area contributed by atoms with Crippen LogP contribution < -0.4 is 47.9 Å². The molecular weight excluding hydrogens is 883 g/mol. The van der Waals surface area contributed by atoms with Gasteiger partial charge in [-0.2, -0.15) is 0 Å². The maximum absolute atomic E-state index is 13.2. The van der Waals surface area contributed by atoms with Gasteiger partial charge in [-0.05, 0) is 64.7 Å². The summed E-state index contributed by atoms with van der Waals surface area (Å²) in [5.41, 5.74) is 0. The number of unbranched alkanes of at least 4 members (excludes halogenated alkanes) is 5. The van der Waals surface area contributed by atoms with Crippen molar-refractivity contribution in [2.24, 2.45) is 0 Å². The number of carbonyl (C=O) groups is 2. The van der Waals surface area contributed by atoms with Crippen LogP contribution in [0.5, 0.6) is 0 Å². The summed E-state index contributed by atoms with van der Waals surface area (Å²) in [5, 5.41) is 118. The highest BCUT2D eigenvalue weighted by molar-refractivity contribution is 5.81. The third-order valence-corrected chi connectivity index (χ3v) is 11.4. The number of aliphatic hydroxyl groups is 8. The monoisotopic (exact) mass is 972 g/mol. The van der Waals surface area contributed by atoms with Crippen LogP contribution >= 0.6 is 0 Å². The molecule has 0 spiro atoms. The van der Waals surface area contributed by atoms with E-state index in [1.165, 1.54) is 6.42 Å². The highest BCUT2D eigenvalue weighted by atomic mass is 16.7. The lowest BCUT2D eigenvalue weighted by Gasteiger charge is -2.39. The average molecular weight is 972 g/mol. The van der Waals surface area contributed by atoms with Gasteiger partial charge in [-0.15, -0.1) is 0 Å². The molecule has 1 unspecified atom stereocenters. The molecule has 2 heterocycles. The summed E-state index contributed by atoms with van der Waals surface area (Å²) < 4.78 is 21.7. The minimum atomic E-state index is -1.57. The first-order valence-corrected chi connectivity index (χ1v) is 24.5. The highest BCUT2D eigenvalue weighted by Gasteiger charge is 2.45. The summed E-state index contributed by atoms with van der Waals surface area (Å²) in [6, 6.07) is -0.529. The maximum atomic E-state index is 13.2. The summed E-state index contributed by atoms with van der Waals surface area (Å²) >= 11 is 0. The number of nitrogens with one attached hydrogen (secondary N) is 9. The summed E-state index contributed by atoms with van der Waals surface area (Å²) in [5.74, 6) is -0.979. The van der Waals surface area contributed by atoms with Crippen LogP contribution in [0.25, 0.3) is 0 Å². The van der Waals surface area contributed by atoms with Crippen LogP contribution in [0, 0.1) is 0 Å². The molecule has 2 fully saturated rings. The Morgan fingerprint density at radius 2 is 0.836 bits per heavy atom. The first-order valence-electron chi connectivity index (χ1n) is 24.5. The Morgan fingerprint density at radius 3 is 1.28 bits per heavy atom. The van der Waals surface area contributed by atoms with Crippen molar-refractivity contribution in [3.8, 4) is 0 Å². The number of aliphatic hydroxyl groups excluding tert-OH is 8. The summed E-state index contributed by atoms with van der Waals surface area (Å²) in [6.45, 7) is 11.1. The number of carboxylic acid groups (broad SMARTS) is 1. The summed E-state index contributed by atoms with van der Waals surface area (Å²) in [4.78, 5) is 23.7. The van der Waals surface area contributed by atoms with Crippen molar-refractivity contribution in [2.45, 2.75) is 132 Å². The van der Waals surface area contributed by atoms with E-state index < -0.39 is 86.6 Å². The molecule has 396 valence electrons. The molecule has 1 amide bonds. The van der Waals surface area contributed by atoms with E-state index in [1.807, 2.05) is 0 Å². The number of carbonyl (C=O) groups excluding carboxylic acids is 1. The molecule has 0 aliphatic carbocycles. The maximum Gasteiger partial charge on any atom is 0.303 e. The minimum Gasteiger partial charge on any atom is -0.481 e. The van der Waals surface area contributed by atoms with Gasteiger partial charge in [0.1, 0.15) is 48.8 Å². The van der Waals surface area contributed by atoms with Crippen molar-refractivity contribution in [2.75, 3.05) is 131 Å². The quantitative estimate of drug-likeness (QED) is 0.0253. The van der Waals surface area contributed by atoms with Gasteiger partial charge in [-0.1, -0.05) is 19.3 Å². The van der Waals surface area contributed by atoms with Crippen LogP contribution in [0.15, 0.2) is 0 Å². The Kier molecular flexibility index (Phi) is 36.4. The predicted molar refractivity (Wildman–Crippen MR) is 248 cm³/mol. The van der Waals surface area contributed by atoms with Crippen molar-refractivity contribution < 1.29 is 74.5 Å².